The highest BCUT2D eigenvalue weighted by molar-refractivity contribution is 6.31. The third-order valence-electron chi connectivity index (χ3n) is 4.43. The molecule has 1 unspecified atom stereocenters. The first kappa shape index (κ1) is 18.9. The lowest BCUT2D eigenvalue weighted by atomic mass is 10.0. The number of guanidine groups is 1. The van der Waals surface area contributed by atoms with Crippen LogP contribution < -0.4 is 22.1 Å². The lowest BCUT2D eigenvalue weighted by molar-refractivity contribution is 0.100. The Morgan fingerprint density at radius 1 is 1.26 bits per heavy atom. The van der Waals surface area contributed by atoms with Crippen molar-refractivity contribution in [3.05, 3.63) is 75.8 Å². The second-order valence-electron chi connectivity index (χ2n) is 6.35. The van der Waals surface area contributed by atoms with Crippen LogP contribution in [0.4, 0.5) is 0 Å². The molecule has 1 aliphatic heterocycles. The molecule has 2 aromatic carbocycles. The van der Waals surface area contributed by atoms with Gasteiger partial charge in [0.2, 0.25) is 5.91 Å². The van der Waals surface area contributed by atoms with Gasteiger partial charge in [0, 0.05) is 22.7 Å². The van der Waals surface area contributed by atoms with Crippen LogP contribution in [-0.2, 0) is 6.42 Å². The molecular formula is C20H22ClN5O. The minimum atomic E-state index is -0.421. The van der Waals surface area contributed by atoms with E-state index in [0.29, 0.717) is 16.5 Å². The Morgan fingerprint density at radius 3 is 2.70 bits per heavy atom. The van der Waals surface area contributed by atoms with Gasteiger partial charge in [-0.1, -0.05) is 35.9 Å². The molecule has 1 atom stereocenters. The summed E-state index contributed by atoms with van der Waals surface area (Å²) in [5.41, 5.74) is 15.5. The van der Waals surface area contributed by atoms with Crippen LogP contribution in [0.15, 0.2) is 53.5 Å². The molecule has 140 valence electrons. The Hall–Kier alpha value is -2.83. The van der Waals surface area contributed by atoms with Crippen LogP contribution in [0.2, 0.25) is 5.02 Å². The number of benzene rings is 2. The van der Waals surface area contributed by atoms with Crippen molar-refractivity contribution in [2.45, 2.75) is 19.5 Å². The summed E-state index contributed by atoms with van der Waals surface area (Å²) < 4.78 is 0. The largest absolute Gasteiger partial charge is 0.370 e. The van der Waals surface area contributed by atoms with E-state index in [1.807, 2.05) is 43.3 Å². The van der Waals surface area contributed by atoms with Crippen LogP contribution in [-0.4, -0.2) is 24.6 Å². The van der Waals surface area contributed by atoms with Crippen molar-refractivity contribution in [1.82, 2.24) is 10.6 Å². The smallest absolute Gasteiger partial charge is 0.248 e. The SMILES string of the molecule is Cc1c(Cl)cccc1C1=CC(NCCc2ccc(C(N)=O)cc2)NC(N)=N1. The standard InChI is InChI=1S/C20H22ClN5O/c1-12-15(3-2-4-16(12)21)17-11-18(26-20(23)25-17)24-10-9-13-5-7-14(8-6-13)19(22)27/h2-8,11,18,24H,9-10H2,1H3,(H2,22,27)(H3,23,25,26). The molecule has 0 saturated heterocycles. The van der Waals surface area contributed by atoms with Gasteiger partial charge in [-0.05, 0) is 48.7 Å². The maximum atomic E-state index is 11.1. The second-order valence-corrected chi connectivity index (χ2v) is 6.76. The fraction of sp³-hybridized carbons (Fsp3) is 0.200. The molecule has 6 N–H and O–H groups in total. The zero-order valence-corrected chi connectivity index (χ0v) is 15.8. The molecule has 0 saturated carbocycles. The van der Waals surface area contributed by atoms with Gasteiger partial charge in [-0.15, -0.1) is 0 Å². The number of nitrogens with one attached hydrogen (secondary N) is 2. The summed E-state index contributed by atoms with van der Waals surface area (Å²) in [6, 6.07) is 13.0. The second kappa shape index (κ2) is 8.24. The Labute approximate surface area is 163 Å². The first-order valence-electron chi connectivity index (χ1n) is 8.64. The fourth-order valence-electron chi connectivity index (χ4n) is 2.91. The average molecular weight is 384 g/mol. The van der Waals surface area contributed by atoms with Crippen LogP contribution >= 0.6 is 11.6 Å². The van der Waals surface area contributed by atoms with Crippen molar-refractivity contribution in [1.29, 1.82) is 0 Å². The van der Waals surface area contributed by atoms with Gasteiger partial charge in [0.05, 0.1) is 5.70 Å². The molecule has 0 bridgehead atoms. The van der Waals surface area contributed by atoms with Crippen LogP contribution in [0.1, 0.15) is 27.0 Å². The van der Waals surface area contributed by atoms with Crippen molar-refractivity contribution in [3.63, 3.8) is 0 Å². The highest BCUT2D eigenvalue weighted by Crippen LogP contribution is 2.26. The topological polar surface area (TPSA) is 106 Å². The number of hydrogen-bond donors (Lipinski definition) is 4. The predicted octanol–water partition coefficient (Wildman–Crippen LogP) is 2.16. The molecule has 1 heterocycles. The number of aliphatic imine (C=N–C) groups is 1. The molecule has 1 amide bonds. The van der Waals surface area contributed by atoms with Crippen molar-refractivity contribution in [3.8, 4) is 0 Å². The molecule has 2 aromatic rings. The number of carbonyl (C=O) groups excluding carboxylic acids is 1. The third-order valence-corrected chi connectivity index (χ3v) is 4.84. The van der Waals surface area contributed by atoms with Gasteiger partial charge in [-0.25, -0.2) is 4.99 Å². The third kappa shape index (κ3) is 4.67. The predicted molar refractivity (Wildman–Crippen MR) is 109 cm³/mol. The van der Waals surface area contributed by atoms with E-state index in [0.717, 1.165) is 35.4 Å². The molecule has 0 spiro atoms. The number of hydrogen-bond acceptors (Lipinski definition) is 5. The van der Waals surface area contributed by atoms with E-state index >= 15 is 0 Å². The summed E-state index contributed by atoms with van der Waals surface area (Å²) in [5, 5.41) is 7.20. The minimum absolute atomic E-state index is 0.138. The Morgan fingerprint density at radius 2 is 2.00 bits per heavy atom. The van der Waals surface area contributed by atoms with Crippen molar-refractivity contribution >= 4 is 29.2 Å². The number of nitrogens with zero attached hydrogens (tertiary/aromatic N) is 1. The van der Waals surface area contributed by atoms with E-state index in [1.165, 1.54) is 0 Å². The van der Waals surface area contributed by atoms with E-state index in [9.17, 15) is 4.79 Å². The maximum Gasteiger partial charge on any atom is 0.248 e. The van der Waals surface area contributed by atoms with Gasteiger partial charge in [0.15, 0.2) is 5.96 Å². The van der Waals surface area contributed by atoms with Gasteiger partial charge in [0.1, 0.15) is 6.17 Å². The van der Waals surface area contributed by atoms with Gasteiger partial charge in [0.25, 0.3) is 0 Å². The monoisotopic (exact) mass is 383 g/mol. The highest BCUT2D eigenvalue weighted by Gasteiger charge is 2.16. The lowest BCUT2D eigenvalue weighted by Crippen LogP contribution is -2.49. The van der Waals surface area contributed by atoms with Crippen LogP contribution in [0.3, 0.4) is 0 Å². The molecule has 0 aliphatic carbocycles. The lowest BCUT2D eigenvalue weighted by Gasteiger charge is -2.23. The summed E-state index contributed by atoms with van der Waals surface area (Å²) >= 11 is 6.22. The average Bonchev–Trinajstić information content (AvgIpc) is 2.64. The van der Waals surface area contributed by atoms with Crippen LogP contribution in [0, 0.1) is 6.92 Å². The molecule has 0 aromatic heterocycles. The van der Waals surface area contributed by atoms with Crippen molar-refractivity contribution in [2.75, 3.05) is 6.54 Å². The van der Waals surface area contributed by atoms with E-state index in [2.05, 4.69) is 15.6 Å². The van der Waals surface area contributed by atoms with Crippen LogP contribution in [0.5, 0.6) is 0 Å². The molecule has 6 nitrogen and oxygen atoms in total. The number of rotatable bonds is 6. The Bertz CT molecular complexity index is 905. The van der Waals surface area contributed by atoms with Gasteiger partial charge in [-0.2, -0.15) is 0 Å². The fourth-order valence-corrected chi connectivity index (χ4v) is 3.09. The Balaban J connectivity index is 1.65. The van der Waals surface area contributed by atoms with E-state index in [4.69, 9.17) is 23.1 Å². The van der Waals surface area contributed by atoms with Gasteiger partial charge < -0.3 is 16.8 Å². The zero-order valence-electron chi connectivity index (χ0n) is 15.0. The van der Waals surface area contributed by atoms with Crippen LogP contribution in [0.25, 0.3) is 5.70 Å². The summed E-state index contributed by atoms with van der Waals surface area (Å²) in [6.45, 7) is 2.68. The first-order valence-corrected chi connectivity index (χ1v) is 9.02. The van der Waals surface area contributed by atoms with Crippen molar-refractivity contribution < 1.29 is 4.79 Å². The molecule has 27 heavy (non-hydrogen) atoms. The van der Waals surface area contributed by atoms with Gasteiger partial charge in [-0.3, -0.25) is 10.1 Å². The number of halogens is 1. The molecule has 0 radical (unpaired) electrons. The number of amides is 1. The summed E-state index contributed by atoms with van der Waals surface area (Å²) in [6.07, 6.45) is 2.65. The molecular weight excluding hydrogens is 362 g/mol. The summed E-state index contributed by atoms with van der Waals surface area (Å²) in [5.74, 6) is -0.0648. The number of primary amides is 1. The number of carbonyl (C=O) groups is 1. The normalized spacial score (nSPS) is 16.3. The maximum absolute atomic E-state index is 11.1. The Kier molecular flexibility index (Phi) is 5.78. The number of nitrogens with two attached hydrogens (primary N) is 2. The van der Waals surface area contributed by atoms with Gasteiger partial charge >= 0.3 is 0 Å². The molecule has 1 aliphatic rings. The molecule has 0 fully saturated rings. The highest BCUT2D eigenvalue weighted by atomic mass is 35.5. The summed E-state index contributed by atoms with van der Waals surface area (Å²) in [7, 11) is 0. The van der Waals surface area contributed by atoms with E-state index in [-0.39, 0.29) is 6.17 Å². The van der Waals surface area contributed by atoms with Crippen molar-refractivity contribution in [2.24, 2.45) is 16.5 Å². The zero-order chi connectivity index (χ0) is 19.4. The molecule has 3 rings (SSSR count). The first-order chi connectivity index (χ1) is 12.9. The van der Waals surface area contributed by atoms with E-state index in [1.54, 1.807) is 12.1 Å². The molecule has 7 heteroatoms. The minimum Gasteiger partial charge on any atom is -0.370 e. The quantitative estimate of drug-likeness (QED) is 0.613. The summed E-state index contributed by atoms with van der Waals surface area (Å²) in [4.78, 5) is 15.5. The van der Waals surface area contributed by atoms with E-state index < -0.39 is 5.91 Å².